The summed E-state index contributed by atoms with van der Waals surface area (Å²) in [6.07, 6.45) is 3.73. The maximum Gasteiger partial charge on any atom is 0.0586 e. The predicted octanol–water partition coefficient (Wildman–Crippen LogP) is 3.37. The Hall–Kier alpha value is -0.570. The number of rotatable bonds is 4. The number of ether oxygens (including phenoxy) is 1. The molecule has 1 aromatic rings. The minimum Gasteiger partial charge on any atom is -0.396 e. The smallest absolute Gasteiger partial charge is 0.0586 e. The molecule has 0 amide bonds. The molecule has 0 bridgehead atoms. The van der Waals surface area contributed by atoms with Crippen LogP contribution in [0.25, 0.3) is 0 Å². The van der Waals surface area contributed by atoms with Crippen molar-refractivity contribution in [2.24, 2.45) is 0 Å². The molecule has 1 fully saturated rings. The molecule has 0 saturated carbocycles. The highest BCUT2D eigenvalue weighted by molar-refractivity contribution is 6.30. The molecule has 94 valence electrons. The Balaban J connectivity index is 2.01. The fourth-order valence-corrected chi connectivity index (χ4v) is 2.65. The van der Waals surface area contributed by atoms with E-state index in [4.69, 9.17) is 16.3 Å². The van der Waals surface area contributed by atoms with Crippen molar-refractivity contribution < 1.29 is 9.84 Å². The number of aliphatic hydroxyl groups excluding tert-OH is 1. The zero-order chi connectivity index (χ0) is 12.3. The second-order valence-electron chi connectivity index (χ2n) is 4.82. The molecule has 0 aliphatic carbocycles. The van der Waals surface area contributed by atoms with Crippen LogP contribution in [0, 0.1) is 0 Å². The van der Waals surface area contributed by atoms with Crippen molar-refractivity contribution in [1.29, 1.82) is 0 Å². The van der Waals surface area contributed by atoms with Gasteiger partial charge in [0.15, 0.2) is 0 Å². The van der Waals surface area contributed by atoms with Gasteiger partial charge in [0.05, 0.1) is 18.8 Å². The molecule has 1 aliphatic rings. The molecular weight excluding hydrogens is 236 g/mol. The average Bonchev–Trinajstić information content (AvgIpc) is 2.72. The third-order valence-electron chi connectivity index (χ3n) is 3.41. The molecule has 3 unspecified atom stereocenters. The molecule has 17 heavy (non-hydrogen) atoms. The Morgan fingerprint density at radius 1 is 1.47 bits per heavy atom. The molecule has 1 N–H and O–H groups in total. The lowest BCUT2D eigenvalue weighted by Crippen LogP contribution is -2.15. The Morgan fingerprint density at radius 2 is 2.29 bits per heavy atom. The van der Waals surface area contributed by atoms with Crippen molar-refractivity contribution >= 4 is 11.6 Å². The number of aliphatic hydroxyl groups is 1. The summed E-state index contributed by atoms with van der Waals surface area (Å²) in [6.45, 7) is 2.25. The third kappa shape index (κ3) is 3.44. The summed E-state index contributed by atoms with van der Waals surface area (Å²) in [5, 5.41) is 10.2. The minimum atomic E-state index is 0.129. The van der Waals surface area contributed by atoms with Crippen molar-refractivity contribution in [1.82, 2.24) is 0 Å². The number of benzene rings is 1. The highest BCUT2D eigenvalue weighted by atomic mass is 35.5. The summed E-state index contributed by atoms with van der Waals surface area (Å²) in [4.78, 5) is 0. The van der Waals surface area contributed by atoms with Gasteiger partial charge in [-0.05, 0) is 43.9 Å². The monoisotopic (exact) mass is 254 g/mol. The van der Waals surface area contributed by atoms with Crippen LogP contribution in [-0.4, -0.2) is 23.9 Å². The maximum atomic E-state index is 9.50. The van der Waals surface area contributed by atoms with Crippen LogP contribution in [0.3, 0.4) is 0 Å². The van der Waals surface area contributed by atoms with Gasteiger partial charge in [0.25, 0.3) is 0 Å². The molecule has 1 saturated heterocycles. The first-order chi connectivity index (χ1) is 8.19. The molecule has 2 nitrogen and oxygen atoms in total. The van der Waals surface area contributed by atoms with Gasteiger partial charge in [0.1, 0.15) is 0 Å². The highest BCUT2D eigenvalue weighted by Crippen LogP contribution is 2.30. The van der Waals surface area contributed by atoms with Crippen molar-refractivity contribution in [3.8, 4) is 0 Å². The lowest BCUT2D eigenvalue weighted by Gasteiger charge is -2.19. The zero-order valence-corrected chi connectivity index (χ0v) is 10.9. The van der Waals surface area contributed by atoms with E-state index < -0.39 is 0 Å². The van der Waals surface area contributed by atoms with Gasteiger partial charge in [0.2, 0.25) is 0 Å². The maximum absolute atomic E-state index is 9.50. The van der Waals surface area contributed by atoms with Gasteiger partial charge in [-0.25, -0.2) is 0 Å². The number of hydrogen-bond acceptors (Lipinski definition) is 2. The van der Waals surface area contributed by atoms with Gasteiger partial charge >= 0.3 is 0 Å². The van der Waals surface area contributed by atoms with E-state index >= 15 is 0 Å². The van der Waals surface area contributed by atoms with E-state index in [1.807, 2.05) is 24.3 Å². The summed E-state index contributed by atoms with van der Waals surface area (Å²) in [5.41, 5.74) is 1.10. The highest BCUT2D eigenvalue weighted by Gasteiger charge is 2.25. The first-order valence-electron chi connectivity index (χ1n) is 6.21. The second-order valence-corrected chi connectivity index (χ2v) is 5.25. The van der Waals surface area contributed by atoms with E-state index in [1.54, 1.807) is 0 Å². The second kappa shape index (κ2) is 5.85. The molecule has 1 aromatic carbocycles. The Bertz CT molecular complexity index is 367. The van der Waals surface area contributed by atoms with Crippen LogP contribution in [0.5, 0.6) is 0 Å². The zero-order valence-electron chi connectivity index (χ0n) is 10.1. The molecular formula is C14H19ClO2. The normalized spacial score (nSPS) is 26.1. The molecule has 3 atom stereocenters. The van der Waals surface area contributed by atoms with E-state index in [-0.39, 0.29) is 18.6 Å². The fraction of sp³-hybridized carbons (Fsp3) is 0.571. The molecule has 3 heteroatoms. The molecule has 2 rings (SSSR count). The van der Waals surface area contributed by atoms with Crippen LogP contribution < -0.4 is 0 Å². The van der Waals surface area contributed by atoms with Crippen LogP contribution >= 0.6 is 11.6 Å². The summed E-state index contributed by atoms with van der Waals surface area (Å²) >= 11 is 5.97. The quantitative estimate of drug-likeness (QED) is 0.893. The van der Waals surface area contributed by atoms with E-state index in [1.165, 1.54) is 0 Å². The Kier molecular flexibility index (Phi) is 4.43. The fourth-order valence-electron chi connectivity index (χ4n) is 2.45. The van der Waals surface area contributed by atoms with Crippen LogP contribution in [0.15, 0.2) is 24.3 Å². The average molecular weight is 255 g/mol. The van der Waals surface area contributed by atoms with Gasteiger partial charge in [-0.2, -0.15) is 0 Å². The largest absolute Gasteiger partial charge is 0.396 e. The number of hydrogen-bond donors (Lipinski definition) is 1. The summed E-state index contributed by atoms with van der Waals surface area (Å²) in [7, 11) is 0. The van der Waals surface area contributed by atoms with Gasteiger partial charge in [-0.3, -0.25) is 0 Å². The molecule has 0 radical (unpaired) electrons. The molecule has 1 aliphatic heterocycles. The molecule has 1 heterocycles. The lowest BCUT2D eigenvalue weighted by atomic mass is 9.93. The van der Waals surface area contributed by atoms with Crippen molar-refractivity contribution in [3.63, 3.8) is 0 Å². The third-order valence-corrected chi connectivity index (χ3v) is 3.64. The van der Waals surface area contributed by atoms with Gasteiger partial charge in [-0.1, -0.05) is 23.7 Å². The van der Waals surface area contributed by atoms with Crippen LogP contribution in [-0.2, 0) is 4.74 Å². The lowest BCUT2D eigenvalue weighted by molar-refractivity contribution is 0.0423. The van der Waals surface area contributed by atoms with E-state index in [0.717, 1.165) is 29.8 Å². The predicted molar refractivity (Wildman–Crippen MR) is 69.5 cm³/mol. The van der Waals surface area contributed by atoms with Gasteiger partial charge in [-0.15, -0.1) is 0 Å². The van der Waals surface area contributed by atoms with Crippen LogP contribution in [0.4, 0.5) is 0 Å². The van der Waals surface area contributed by atoms with Crippen molar-refractivity contribution in [2.45, 2.75) is 44.3 Å². The standard InChI is InChI=1S/C14H19ClO2/c1-10-5-6-14(17-10)8-12(9-16)11-3-2-4-13(15)7-11/h2-4,7,10,12,14,16H,5-6,8-9H2,1H3. The Morgan fingerprint density at radius 3 is 2.88 bits per heavy atom. The van der Waals surface area contributed by atoms with Crippen molar-refractivity contribution in [3.05, 3.63) is 34.9 Å². The van der Waals surface area contributed by atoms with E-state index in [2.05, 4.69) is 6.92 Å². The van der Waals surface area contributed by atoms with E-state index in [0.29, 0.717) is 6.10 Å². The number of halogens is 1. The summed E-state index contributed by atoms with van der Waals surface area (Å²) in [6, 6.07) is 7.73. The topological polar surface area (TPSA) is 29.5 Å². The summed E-state index contributed by atoms with van der Waals surface area (Å²) < 4.78 is 5.80. The van der Waals surface area contributed by atoms with Gasteiger partial charge in [0, 0.05) is 10.9 Å². The molecule has 0 aromatic heterocycles. The first kappa shape index (κ1) is 12.9. The Labute approximate surface area is 108 Å². The van der Waals surface area contributed by atoms with E-state index in [9.17, 15) is 5.11 Å². The first-order valence-corrected chi connectivity index (χ1v) is 6.58. The van der Waals surface area contributed by atoms with Crippen LogP contribution in [0.2, 0.25) is 5.02 Å². The van der Waals surface area contributed by atoms with Crippen molar-refractivity contribution in [2.75, 3.05) is 6.61 Å². The van der Waals surface area contributed by atoms with Gasteiger partial charge < -0.3 is 9.84 Å². The SMILES string of the molecule is CC1CCC(CC(CO)c2cccc(Cl)c2)O1. The minimum absolute atomic E-state index is 0.129. The van der Waals surface area contributed by atoms with Crippen LogP contribution in [0.1, 0.15) is 37.7 Å². The summed E-state index contributed by atoms with van der Waals surface area (Å²) in [5.74, 6) is 0.129. The molecule has 0 spiro atoms.